The molecule has 1 amide bonds. The van der Waals surface area contributed by atoms with Crippen LogP contribution in [-0.4, -0.2) is 32.1 Å². The van der Waals surface area contributed by atoms with E-state index >= 15 is 0 Å². The minimum atomic E-state index is -0.674. The second kappa shape index (κ2) is 7.83. The molecule has 2 N–H and O–H groups in total. The Kier molecular flexibility index (Phi) is 5.52. The highest BCUT2D eigenvalue weighted by molar-refractivity contribution is 5.95. The van der Waals surface area contributed by atoms with Gasteiger partial charge in [0.15, 0.2) is 0 Å². The molecule has 0 aromatic heterocycles. The van der Waals surface area contributed by atoms with Crippen LogP contribution in [0.2, 0.25) is 0 Å². The molecular formula is C20H22F2N2O2. The second-order valence-electron chi connectivity index (χ2n) is 6.59. The Hall–Kier alpha value is -2.47. The molecule has 26 heavy (non-hydrogen) atoms. The molecule has 3 rings (SSSR count). The summed E-state index contributed by atoms with van der Waals surface area (Å²) in [6, 6.07) is 8.46. The van der Waals surface area contributed by atoms with Gasteiger partial charge < -0.3 is 15.4 Å². The van der Waals surface area contributed by atoms with E-state index < -0.39 is 17.5 Å². The maximum Gasteiger partial charge on any atom is 0.254 e. The fourth-order valence-corrected chi connectivity index (χ4v) is 3.15. The molecule has 6 heteroatoms. The van der Waals surface area contributed by atoms with Gasteiger partial charge in [-0.05, 0) is 48.7 Å². The van der Waals surface area contributed by atoms with E-state index in [2.05, 4.69) is 17.6 Å². The number of rotatable bonds is 4. The van der Waals surface area contributed by atoms with Gasteiger partial charge in [-0.15, -0.1) is 0 Å². The molecule has 0 radical (unpaired) electrons. The molecular weight excluding hydrogens is 338 g/mol. The Morgan fingerprint density at radius 3 is 2.65 bits per heavy atom. The monoisotopic (exact) mass is 360 g/mol. The van der Waals surface area contributed by atoms with E-state index in [1.807, 2.05) is 0 Å². The highest BCUT2D eigenvalue weighted by Gasteiger charge is 2.24. The van der Waals surface area contributed by atoms with Gasteiger partial charge in [0.05, 0.1) is 12.7 Å². The van der Waals surface area contributed by atoms with Gasteiger partial charge in [-0.1, -0.05) is 13.0 Å². The summed E-state index contributed by atoms with van der Waals surface area (Å²) in [5.74, 6) is -0.923. The Balaban J connectivity index is 1.80. The molecule has 4 nitrogen and oxygen atoms in total. The van der Waals surface area contributed by atoms with Crippen LogP contribution in [0.1, 0.15) is 23.7 Å². The van der Waals surface area contributed by atoms with Gasteiger partial charge in [0.1, 0.15) is 17.4 Å². The Morgan fingerprint density at radius 1 is 1.19 bits per heavy atom. The number of carbonyl (C=O) groups excluding carboxylic acids is 1. The molecule has 1 heterocycles. The normalized spacial score (nSPS) is 19.8. The van der Waals surface area contributed by atoms with Crippen LogP contribution >= 0.6 is 0 Å². The standard InChI is InChI=1S/C20H22F2N2O2/c1-12-7-8-23-11-19(12)24-20(25)16-5-3-13(9-17(16)21)15-6-4-14(26-2)10-18(15)22/h3-6,9-10,12,19,23H,7-8,11H2,1-2H3,(H,24,25). The highest BCUT2D eigenvalue weighted by atomic mass is 19.1. The van der Waals surface area contributed by atoms with Crippen molar-refractivity contribution in [1.82, 2.24) is 10.6 Å². The molecule has 0 bridgehead atoms. The smallest absolute Gasteiger partial charge is 0.254 e. The average Bonchev–Trinajstić information content (AvgIpc) is 2.63. The van der Waals surface area contributed by atoms with Crippen molar-refractivity contribution < 1.29 is 18.3 Å². The predicted molar refractivity (Wildman–Crippen MR) is 96.3 cm³/mol. The summed E-state index contributed by atoms with van der Waals surface area (Å²) in [6.07, 6.45) is 0.961. The van der Waals surface area contributed by atoms with Crippen LogP contribution in [0.25, 0.3) is 11.1 Å². The fraction of sp³-hybridized carbons (Fsp3) is 0.350. The van der Waals surface area contributed by atoms with Crippen molar-refractivity contribution in [2.75, 3.05) is 20.2 Å². The van der Waals surface area contributed by atoms with Crippen LogP contribution in [0.5, 0.6) is 5.75 Å². The first-order valence-electron chi connectivity index (χ1n) is 8.64. The van der Waals surface area contributed by atoms with E-state index in [1.165, 1.54) is 31.4 Å². The third-order valence-corrected chi connectivity index (χ3v) is 4.85. The molecule has 2 aromatic carbocycles. The van der Waals surface area contributed by atoms with Gasteiger partial charge in [-0.3, -0.25) is 4.79 Å². The van der Waals surface area contributed by atoms with Gasteiger partial charge in [0.25, 0.3) is 5.91 Å². The average molecular weight is 360 g/mol. The summed E-state index contributed by atoms with van der Waals surface area (Å²) < 4.78 is 33.6. The highest BCUT2D eigenvalue weighted by Crippen LogP contribution is 2.27. The minimum absolute atomic E-state index is 0.0330. The van der Waals surface area contributed by atoms with E-state index in [9.17, 15) is 13.6 Å². The van der Waals surface area contributed by atoms with Crippen molar-refractivity contribution >= 4 is 5.91 Å². The number of ether oxygens (including phenoxy) is 1. The first-order valence-corrected chi connectivity index (χ1v) is 8.64. The molecule has 1 saturated heterocycles. The van der Waals surface area contributed by atoms with Crippen LogP contribution in [-0.2, 0) is 0 Å². The zero-order valence-electron chi connectivity index (χ0n) is 14.8. The lowest BCUT2D eigenvalue weighted by molar-refractivity contribution is 0.0911. The number of halogens is 2. The summed E-state index contributed by atoms with van der Waals surface area (Å²) in [5, 5.41) is 6.10. The molecule has 2 atom stereocenters. The number of hydrogen-bond donors (Lipinski definition) is 2. The third-order valence-electron chi connectivity index (χ3n) is 4.85. The van der Waals surface area contributed by atoms with E-state index in [1.54, 1.807) is 12.1 Å². The Morgan fingerprint density at radius 2 is 2.00 bits per heavy atom. The number of carbonyl (C=O) groups is 1. The first kappa shape index (κ1) is 18.3. The van der Waals surface area contributed by atoms with Crippen molar-refractivity contribution in [3.63, 3.8) is 0 Å². The Labute approximate surface area is 151 Å². The number of nitrogens with one attached hydrogen (secondary N) is 2. The molecule has 138 valence electrons. The van der Waals surface area contributed by atoms with Crippen molar-refractivity contribution in [1.29, 1.82) is 0 Å². The molecule has 1 aliphatic heterocycles. The number of methoxy groups -OCH3 is 1. The van der Waals surface area contributed by atoms with Crippen molar-refractivity contribution in [3.05, 3.63) is 53.6 Å². The van der Waals surface area contributed by atoms with Crippen molar-refractivity contribution in [2.24, 2.45) is 5.92 Å². The molecule has 0 aliphatic carbocycles. The van der Waals surface area contributed by atoms with Crippen LogP contribution in [0.15, 0.2) is 36.4 Å². The quantitative estimate of drug-likeness (QED) is 0.879. The van der Waals surface area contributed by atoms with E-state index in [0.29, 0.717) is 23.8 Å². The zero-order valence-corrected chi connectivity index (χ0v) is 14.8. The molecule has 0 saturated carbocycles. The van der Waals surface area contributed by atoms with Crippen LogP contribution in [0.3, 0.4) is 0 Å². The topological polar surface area (TPSA) is 50.4 Å². The number of piperidine rings is 1. The number of benzene rings is 2. The summed E-state index contributed by atoms with van der Waals surface area (Å²) in [7, 11) is 1.45. The van der Waals surface area contributed by atoms with E-state index in [0.717, 1.165) is 13.0 Å². The lowest BCUT2D eigenvalue weighted by atomic mass is 9.94. The minimum Gasteiger partial charge on any atom is -0.497 e. The third kappa shape index (κ3) is 3.85. The fourth-order valence-electron chi connectivity index (χ4n) is 3.15. The molecule has 1 fully saturated rings. The van der Waals surface area contributed by atoms with Gasteiger partial charge in [0, 0.05) is 24.2 Å². The first-order chi connectivity index (χ1) is 12.5. The number of hydrogen-bond acceptors (Lipinski definition) is 3. The Bertz CT molecular complexity index is 810. The largest absolute Gasteiger partial charge is 0.497 e. The second-order valence-corrected chi connectivity index (χ2v) is 6.59. The van der Waals surface area contributed by atoms with E-state index in [-0.39, 0.29) is 17.2 Å². The molecule has 0 spiro atoms. The van der Waals surface area contributed by atoms with Crippen molar-refractivity contribution in [2.45, 2.75) is 19.4 Å². The molecule has 1 aliphatic rings. The molecule has 2 unspecified atom stereocenters. The van der Waals surface area contributed by atoms with Gasteiger partial charge in [-0.2, -0.15) is 0 Å². The van der Waals surface area contributed by atoms with Gasteiger partial charge in [-0.25, -0.2) is 8.78 Å². The van der Waals surface area contributed by atoms with Gasteiger partial charge >= 0.3 is 0 Å². The maximum atomic E-state index is 14.5. The lowest BCUT2D eigenvalue weighted by Crippen LogP contribution is -2.50. The van der Waals surface area contributed by atoms with Crippen LogP contribution in [0.4, 0.5) is 8.78 Å². The van der Waals surface area contributed by atoms with E-state index in [4.69, 9.17) is 4.74 Å². The zero-order chi connectivity index (χ0) is 18.7. The lowest BCUT2D eigenvalue weighted by Gasteiger charge is -2.30. The van der Waals surface area contributed by atoms with Crippen LogP contribution < -0.4 is 15.4 Å². The summed E-state index contributed by atoms with van der Waals surface area (Å²) >= 11 is 0. The molecule has 2 aromatic rings. The predicted octanol–water partition coefficient (Wildman–Crippen LogP) is 3.37. The van der Waals surface area contributed by atoms with Gasteiger partial charge in [0.2, 0.25) is 0 Å². The van der Waals surface area contributed by atoms with Crippen molar-refractivity contribution in [3.8, 4) is 16.9 Å². The summed E-state index contributed by atoms with van der Waals surface area (Å²) in [4.78, 5) is 12.4. The summed E-state index contributed by atoms with van der Waals surface area (Å²) in [6.45, 7) is 3.66. The number of amides is 1. The maximum absolute atomic E-state index is 14.5. The summed E-state index contributed by atoms with van der Waals surface area (Å²) in [5.41, 5.74) is 0.578. The SMILES string of the molecule is COc1ccc(-c2ccc(C(=O)NC3CNCCC3C)c(F)c2)c(F)c1. The van der Waals surface area contributed by atoms with Crippen LogP contribution in [0, 0.1) is 17.6 Å².